The minimum absolute atomic E-state index is 0.511. The van der Waals surface area contributed by atoms with Crippen molar-refractivity contribution < 1.29 is 4.74 Å². The van der Waals surface area contributed by atoms with Gasteiger partial charge in [-0.1, -0.05) is 11.6 Å². The minimum atomic E-state index is 0.511. The van der Waals surface area contributed by atoms with Gasteiger partial charge in [0.1, 0.15) is 5.15 Å². The third kappa shape index (κ3) is 3.21. The zero-order valence-electron chi connectivity index (χ0n) is 9.12. The fraction of sp³-hybridized carbons (Fsp3) is 0.545. The molecule has 0 spiro atoms. The highest BCUT2D eigenvalue weighted by molar-refractivity contribution is 14.1. The zero-order chi connectivity index (χ0) is 11.5. The maximum atomic E-state index is 5.79. The van der Waals surface area contributed by atoms with Crippen molar-refractivity contribution in [2.45, 2.75) is 6.42 Å². The predicted octanol–water partition coefficient (Wildman–Crippen LogP) is 2.67. The van der Waals surface area contributed by atoms with Crippen LogP contribution in [0, 0.1) is 9.49 Å². The van der Waals surface area contributed by atoms with E-state index in [1.54, 1.807) is 6.20 Å². The molecule has 1 unspecified atom stereocenters. The normalized spacial score (nSPS) is 21.3. The Morgan fingerprint density at radius 1 is 1.69 bits per heavy atom. The Kier molecular flexibility index (Phi) is 4.27. The van der Waals surface area contributed by atoms with Gasteiger partial charge in [0.25, 0.3) is 0 Å². The largest absolute Gasteiger partial charge is 0.491 e. The van der Waals surface area contributed by atoms with E-state index in [9.17, 15) is 0 Å². The smallest absolute Gasteiger partial charge is 0.151 e. The molecule has 1 aliphatic rings. The van der Waals surface area contributed by atoms with Crippen LogP contribution in [0.25, 0.3) is 0 Å². The average Bonchev–Trinajstić information content (AvgIpc) is 2.63. The monoisotopic (exact) mass is 352 g/mol. The molecular formula is C11H14ClIN2O. The summed E-state index contributed by atoms with van der Waals surface area (Å²) in [5.74, 6) is 1.47. The lowest BCUT2D eigenvalue weighted by molar-refractivity contribution is 0.247. The number of ether oxygens (including phenoxy) is 1. The van der Waals surface area contributed by atoms with Gasteiger partial charge in [-0.3, -0.25) is 0 Å². The summed E-state index contributed by atoms with van der Waals surface area (Å²) in [5.41, 5.74) is 0. The van der Waals surface area contributed by atoms with Crippen LogP contribution in [-0.2, 0) is 0 Å². The molecule has 0 amide bonds. The molecule has 0 bridgehead atoms. The van der Waals surface area contributed by atoms with Crippen molar-refractivity contribution >= 4 is 34.2 Å². The van der Waals surface area contributed by atoms with Crippen LogP contribution in [0.4, 0.5) is 0 Å². The fourth-order valence-corrected chi connectivity index (χ4v) is 2.80. The molecule has 0 aliphatic carbocycles. The van der Waals surface area contributed by atoms with Crippen molar-refractivity contribution in [1.82, 2.24) is 9.88 Å². The molecule has 1 aromatic rings. The summed E-state index contributed by atoms with van der Waals surface area (Å²) >= 11 is 8.00. The Labute approximate surface area is 114 Å². The Bertz CT molecular complexity index is 375. The molecule has 5 heteroatoms. The van der Waals surface area contributed by atoms with Crippen LogP contribution in [0.2, 0.25) is 5.15 Å². The van der Waals surface area contributed by atoms with Gasteiger partial charge in [-0.2, -0.15) is 0 Å². The first-order valence-corrected chi connectivity index (χ1v) is 6.73. The topological polar surface area (TPSA) is 25.4 Å². The molecule has 2 rings (SSSR count). The second-order valence-corrected chi connectivity index (χ2v) is 5.71. The number of rotatable bonds is 3. The van der Waals surface area contributed by atoms with Crippen LogP contribution in [0.15, 0.2) is 12.3 Å². The van der Waals surface area contributed by atoms with Gasteiger partial charge in [0.05, 0.1) is 16.4 Å². The van der Waals surface area contributed by atoms with Crippen LogP contribution >= 0.6 is 34.2 Å². The first kappa shape index (κ1) is 12.4. The van der Waals surface area contributed by atoms with E-state index in [2.05, 4.69) is 39.5 Å². The summed E-state index contributed by atoms with van der Waals surface area (Å²) in [6, 6.07) is 1.82. The quantitative estimate of drug-likeness (QED) is 0.618. The van der Waals surface area contributed by atoms with Gasteiger partial charge in [-0.25, -0.2) is 4.98 Å². The molecule has 0 saturated carbocycles. The molecule has 3 nitrogen and oxygen atoms in total. The van der Waals surface area contributed by atoms with Crippen LogP contribution in [0.1, 0.15) is 6.42 Å². The van der Waals surface area contributed by atoms with Crippen molar-refractivity contribution in [3.63, 3.8) is 0 Å². The molecule has 0 radical (unpaired) electrons. The van der Waals surface area contributed by atoms with Crippen molar-refractivity contribution in [1.29, 1.82) is 0 Å². The Morgan fingerprint density at radius 3 is 3.12 bits per heavy atom. The summed E-state index contributed by atoms with van der Waals surface area (Å²) in [4.78, 5) is 6.36. The Morgan fingerprint density at radius 2 is 2.50 bits per heavy atom. The molecule has 1 fully saturated rings. The van der Waals surface area contributed by atoms with Crippen molar-refractivity contribution in [2.75, 3.05) is 26.7 Å². The van der Waals surface area contributed by atoms with E-state index in [4.69, 9.17) is 16.3 Å². The number of nitrogens with zero attached hydrogens (tertiary/aromatic N) is 2. The number of aromatic nitrogens is 1. The maximum Gasteiger partial charge on any atom is 0.151 e. The standard InChI is InChI=1S/C11H14ClIN2O/c1-15-3-2-8(6-15)7-16-10-5-14-11(12)4-9(10)13/h4-5,8H,2-3,6-7H2,1H3. The lowest BCUT2D eigenvalue weighted by Crippen LogP contribution is -2.18. The number of hydrogen-bond acceptors (Lipinski definition) is 3. The van der Waals surface area contributed by atoms with E-state index < -0.39 is 0 Å². The van der Waals surface area contributed by atoms with Gasteiger partial charge in [0.15, 0.2) is 5.75 Å². The molecular weight excluding hydrogens is 338 g/mol. The Balaban J connectivity index is 1.89. The lowest BCUT2D eigenvalue weighted by atomic mass is 10.1. The molecule has 1 aromatic heterocycles. The van der Waals surface area contributed by atoms with Gasteiger partial charge in [-0.15, -0.1) is 0 Å². The second-order valence-electron chi connectivity index (χ2n) is 4.17. The average molecular weight is 353 g/mol. The van der Waals surface area contributed by atoms with E-state index >= 15 is 0 Å². The van der Waals surface area contributed by atoms with Crippen LogP contribution in [-0.4, -0.2) is 36.6 Å². The van der Waals surface area contributed by atoms with Gasteiger partial charge in [0, 0.05) is 12.5 Å². The molecule has 1 saturated heterocycles. The molecule has 0 N–H and O–H groups in total. The van der Waals surface area contributed by atoms with E-state index in [-0.39, 0.29) is 0 Å². The van der Waals surface area contributed by atoms with Gasteiger partial charge >= 0.3 is 0 Å². The first-order valence-electron chi connectivity index (χ1n) is 5.27. The SMILES string of the molecule is CN1CCC(COc2cnc(Cl)cc2I)C1. The summed E-state index contributed by atoms with van der Waals surface area (Å²) in [7, 11) is 2.15. The van der Waals surface area contributed by atoms with Gasteiger partial charge in [0.2, 0.25) is 0 Å². The zero-order valence-corrected chi connectivity index (χ0v) is 12.0. The van der Waals surface area contributed by atoms with E-state index in [0.717, 1.165) is 22.5 Å². The second kappa shape index (κ2) is 5.51. The van der Waals surface area contributed by atoms with E-state index in [1.165, 1.54) is 13.0 Å². The van der Waals surface area contributed by atoms with Crippen LogP contribution < -0.4 is 4.74 Å². The van der Waals surface area contributed by atoms with E-state index in [0.29, 0.717) is 11.1 Å². The summed E-state index contributed by atoms with van der Waals surface area (Å²) in [6.07, 6.45) is 2.91. The fourth-order valence-electron chi connectivity index (χ4n) is 1.87. The number of pyridine rings is 1. The third-order valence-corrected chi connectivity index (χ3v) is 3.80. The number of likely N-dealkylation sites (tertiary alicyclic amines) is 1. The number of halogens is 2. The highest BCUT2D eigenvalue weighted by Crippen LogP contribution is 2.24. The van der Waals surface area contributed by atoms with Crippen LogP contribution in [0.5, 0.6) is 5.75 Å². The molecule has 88 valence electrons. The van der Waals surface area contributed by atoms with Crippen molar-refractivity contribution in [3.05, 3.63) is 21.0 Å². The van der Waals surface area contributed by atoms with Gasteiger partial charge in [-0.05, 0) is 48.7 Å². The molecule has 1 aliphatic heterocycles. The number of hydrogen-bond donors (Lipinski definition) is 0. The van der Waals surface area contributed by atoms with Gasteiger partial charge < -0.3 is 9.64 Å². The highest BCUT2D eigenvalue weighted by Gasteiger charge is 2.20. The van der Waals surface area contributed by atoms with Crippen molar-refractivity contribution in [3.8, 4) is 5.75 Å². The molecule has 0 aromatic carbocycles. The van der Waals surface area contributed by atoms with Crippen LogP contribution in [0.3, 0.4) is 0 Å². The predicted molar refractivity (Wildman–Crippen MR) is 73.1 cm³/mol. The minimum Gasteiger partial charge on any atom is -0.491 e. The lowest BCUT2D eigenvalue weighted by Gasteiger charge is -2.13. The summed E-state index contributed by atoms with van der Waals surface area (Å²) in [6.45, 7) is 3.06. The first-order chi connectivity index (χ1) is 7.65. The Hall–Kier alpha value is -0.0700. The molecule has 1 atom stereocenters. The van der Waals surface area contributed by atoms with E-state index in [1.807, 2.05) is 6.07 Å². The third-order valence-electron chi connectivity index (χ3n) is 2.75. The summed E-state index contributed by atoms with van der Waals surface area (Å²) < 4.78 is 6.79. The maximum absolute atomic E-state index is 5.79. The summed E-state index contributed by atoms with van der Waals surface area (Å²) in [5, 5.41) is 0.511. The highest BCUT2D eigenvalue weighted by atomic mass is 127. The molecule has 16 heavy (non-hydrogen) atoms. The molecule has 2 heterocycles. The van der Waals surface area contributed by atoms with Crippen molar-refractivity contribution in [2.24, 2.45) is 5.92 Å².